The minimum atomic E-state index is -0.706. The predicted octanol–water partition coefficient (Wildman–Crippen LogP) is 5.82. The molecule has 0 radical (unpaired) electrons. The summed E-state index contributed by atoms with van der Waals surface area (Å²) in [4.78, 5) is 31.7. The second-order valence-corrected chi connectivity index (χ2v) is 9.12. The zero-order valence-corrected chi connectivity index (χ0v) is 19.5. The monoisotopic (exact) mass is 499 g/mol. The molecule has 0 bridgehead atoms. The maximum Gasteiger partial charge on any atom is 0.242 e. The topological polar surface area (TPSA) is 61.8 Å². The lowest BCUT2D eigenvalue weighted by Gasteiger charge is -2.17. The molecule has 174 valence electrons. The van der Waals surface area contributed by atoms with Gasteiger partial charge in [-0.1, -0.05) is 53.7 Å². The van der Waals surface area contributed by atoms with Crippen LogP contribution in [0.25, 0.3) is 0 Å². The lowest BCUT2D eigenvalue weighted by atomic mass is 10.1. The minimum Gasteiger partial charge on any atom is -0.325 e. The Labute approximate surface area is 204 Å². The van der Waals surface area contributed by atoms with E-state index in [1.54, 1.807) is 42.5 Å². The third kappa shape index (κ3) is 5.81. The molecule has 0 aliphatic carbocycles. The molecule has 3 aromatic rings. The number of thioether (sulfide) groups is 1. The van der Waals surface area contributed by atoms with Crippen molar-refractivity contribution in [3.63, 3.8) is 0 Å². The van der Waals surface area contributed by atoms with E-state index >= 15 is 0 Å². The van der Waals surface area contributed by atoms with Crippen molar-refractivity contribution in [3.05, 3.63) is 95.0 Å². The summed E-state index contributed by atoms with van der Waals surface area (Å²) in [5.74, 6) is -1.41. The Balaban J connectivity index is 1.52. The fourth-order valence-electron chi connectivity index (χ4n) is 3.42. The third-order valence-electron chi connectivity index (χ3n) is 5.15. The molecule has 1 aliphatic rings. The van der Waals surface area contributed by atoms with Crippen LogP contribution in [0, 0.1) is 11.6 Å². The van der Waals surface area contributed by atoms with Crippen molar-refractivity contribution >= 4 is 51.7 Å². The number of para-hydroxylation sites is 1. The number of benzene rings is 3. The molecule has 1 fully saturated rings. The van der Waals surface area contributed by atoms with Crippen LogP contribution in [0.4, 0.5) is 20.2 Å². The van der Waals surface area contributed by atoms with Gasteiger partial charge in [0.1, 0.15) is 16.9 Å². The van der Waals surface area contributed by atoms with Crippen molar-refractivity contribution in [1.82, 2.24) is 4.90 Å². The van der Waals surface area contributed by atoms with E-state index in [0.717, 1.165) is 11.8 Å². The van der Waals surface area contributed by atoms with Crippen LogP contribution in [0.2, 0.25) is 5.02 Å². The standard InChI is InChI=1S/C25H20ClF2N3O2S/c26-19-6-2-4-8-21(19)30-23(32)15-22-24(33)31(14-13-16-5-1-3-7-20(16)28)25(34-22)29-18-11-9-17(27)10-12-18/h1-12,22H,13-15H2,(H,30,32)/t22-/m0/s1. The highest BCUT2D eigenvalue weighted by Gasteiger charge is 2.39. The van der Waals surface area contributed by atoms with Crippen LogP contribution in [-0.2, 0) is 16.0 Å². The Morgan fingerprint density at radius 1 is 1.03 bits per heavy atom. The van der Waals surface area contributed by atoms with Crippen molar-refractivity contribution in [3.8, 4) is 0 Å². The van der Waals surface area contributed by atoms with E-state index in [-0.39, 0.29) is 37.0 Å². The van der Waals surface area contributed by atoms with Gasteiger partial charge in [-0.25, -0.2) is 13.8 Å². The summed E-state index contributed by atoms with van der Waals surface area (Å²) in [6.07, 6.45) is 0.188. The van der Waals surface area contributed by atoms with Gasteiger partial charge in [0.15, 0.2) is 5.17 Å². The lowest BCUT2D eigenvalue weighted by molar-refractivity contribution is -0.128. The maximum atomic E-state index is 14.1. The predicted molar refractivity (Wildman–Crippen MR) is 131 cm³/mol. The highest BCUT2D eigenvalue weighted by Crippen LogP contribution is 2.32. The van der Waals surface area contributed by atoms with E-state index in [9.17, 15) is 18.4 Å². The number of carbonyl (C=O) groups excluding carboxylic acids is 2. The fraction of sp³-hybridized carbons (Fsp3) is 0.160. The van der Waals surface area contributed by atoms with Gasteiger partial charge >= 0.3 is 0 Å². The molecule has 3 aromatic carbocycles. The first-order valence-corrected chi connectivity index (χ1v) is 11.8. The first-order chi connectivity index (χ1) is 16.4. The lowest BCUT2D eigenvalue weighted by Crippen LogP contribution is -2.35. The molecule has 34 heavy (non-hydrogen) atoms. The van der Waals surface area contributed by atoms with Crippen LogP contribution in [0.1, 0.15) is 12.0 Å². The normalized spacial score (nSPS) is 16.8. The van der Waals surface area contributed by atoms with Gasteiger partial charge in [-0.3, -0.25) is 14.5 Å². The summed E-state index contributed by atoms with van der Waals surface area (Å²) in [7, 11) is 0. The quantitative estimate of drug-likeness (QED) is 0.445. The number of hydrogen-bond acceptors (Lipinski definition) is 4. The molecule has 1 heterocycles. The van der Waals surface area contributed by atoms with E-state index in [4.69, 9.17) is 11.6 Å². The number of aliphatic imine (C=N–C) groups is 1. The molecule has 2 amide bonds. The molecular formula is C25H20ClF2N3O2S. The van der Waals surface area contributed by atoms with Gasteiger partial charge in [0.25, 0.3) is 0 Å². The van der Waals surface area contributed by atoms with Gasteiger partial charge in [0.05, 0.1) is 16.4 Å². The minimum absolute atomic E-state index is 0.0899. The smallest absolute Gasteiger partial charge is 0.242 e. The summed E-state index contributed by atoms with van der Waals surface area (Å²) in [5.41, 5.74) is 1.40. The van der Waals surface area contributed by atoms with Crippen LogP contribution >= 0.6 is 23.4 Å². The summed E-state index contributed by atoms with van der Waals surface area (Å²) in [5, 5.41) is 2.79. The molecule has 0 aromatic heterocycles. The molecule has 5 nitrogen and oxygen atoms in total. The van der Waals surface area contributed by atoms with Gasteiger partial charge in [-0.15, -0.1) is 0 Å². The Kier molecular flexibility index (Phi) is 7.59. The summed E-state index contributed by atoms with van der Waals surface area (Å²) in [6.45, 7) is 0.190. The first-order valence-electron chi connectivity index (χ1n) is 10.5. The van der Waals surface area contributed by atoms with Crippen LogP contribution in [0.15, 0.2) is 77.8 Å². The van der Waals surface area contributed by atoms with E-state index in [1.807, 2.05) is 0 Å². The number of carbonyl (C=O) groups is 2. The number of rotatable bonds is 7. The highest BCUT2D eigenvalue weighted by molar-refractivity contribution is 8.15. The van der Waals surface area contributed by atoms with Crippen molar-refractivity contribution in [1.29, 1.82) is 0 Å². The van der Waals surface area contributed by atoms with Crippen molar-refractivity contribution in [2.75, 3.05) is 11.9 Å². The van der Waals surface area contributed by atoms with E-state index in [0.29, 0.717) is 27.1 Å². The van der Waals surface area contributed by atoms with Crippen molar-refractivity contribution in [2.45, 2.75) is 18.1 Å². The second-order valence-electron chi connectivity index (χ2n) is 7.54. The number of anilines is 1. The molecule has 1 saturated heterocycles. The third-order valence-corrected chi connectivity index (χ3v) is 6.66. The Morgan fingerprint density at radius 3 is 2.47 bits per heavy atom. The van der Waals surface area contributed by atoms with Gasteiger partial charge in [-0.05, 0) is 54.4 Å². The maximum absolute atomic E-state index is 14.1. The molecule has 0 spiro atoms. The second kappa shape index (κ2) is 10.8. The first kappa shape index (κ1) is 23.9. The average molecular weight is 500 g/mol. The molecule has 1 N–H and O–H groups in total. The van der Waals surface area contributed by atoms with Gasteiger partial charge < -0.3 is 5.32 Å². The SMILES string of the molecule is O=C(C[C@@H]1SC(=Nc2ccc(F)cc2)N(CCc2ccccc2F)C1=O)Nc1ccccc1Cl. The number of amidine groups is 1. The van der Waals surface area contributed by atoms with E-state index < -0.39 is 11.1 Å². The number of hydrogen-bond donors (Lipinski definition) is 1. The number of amides is 2. The van der Waals surface area contributed by atoms with Gasteiger partial charge in [0.2, 0.25) is 11.8 Å². The number of nitrogens with zero attached hydrogens (tertiary/aromatic N) is 2. The average Bonchev–Trinajstić information content (AvgIpc) is 3.10. The highest BCUT2D eigenvalue weighted by atomic mass is 35.5. The largest absolute Gasteiger partial charge is 0.325 e. The number of halogens is 3. The molecule has 1 aliphatic heterocycles. The van der Waals surface area contributed by atoms with Gasteiger partial charge in [0, 0.05) is 13.0 Å². The van der Waals surface area contributed by atoms with E-state index in [2.05, 4.69) is 10.3 Å². The summed E-state index contributed by atoms with van der Waals surface area (Å²) in [6, 6.07) is 18.7. The molecule has 9 heteroatoms. The Morgan fingerprint density at radius 2 is 1.74 bits per heavy atom. The molecular weight excluding hydrogens is 480 g/mol. The van der Waals surface area contributed by atoms with Crippen molar-refractivity contribution < 1.29 is 18.4 Å². The summed E-state index contributed by atoms with van der Waals surface area (Å²) < 4.78 is 27.4. The van der Waals surface area contributed by atoms with Crippen LogP contribution in [-0.4, -0.2) is 33.7 Å². The van der Waals surface area contributed by atoms with Crippen LogP contribution in [0.5, 0.6) is 0 Å². The van der Waals surface area contributed by atoms with E-state index in [1.165, 1.54) is 35.2 Å². The molecule has 0 saturated carbocycles. The molecule has 4 rings (SSSR count). The zero-order valence-electron chi connectivity index (χ0n) is 17.9. The Hall–Kier alpha value is -3.23. The molecule has 1 atom stereocenters. The van der Waals surface area contributed by atoms with Crippen LogP contribution < -0.4 is 5.32 Å². The fourth-order valence-corrected chi connectivity index (χ4v) is 4.79. The zero-order chi connectivity index (χ0) is 24.1. The summed E-state index contributed by atoms with van der Waals surface area (Å²) >= 11 is 7.26. The van der Waals surface area contributed by atoms with Gasteiger partial charge in [-0.2, -0.15) is 0 Å². The number of nitrogens with one attached hydrogen (secondary N) is 1. The van der Waals surface area contributed by atoms with Crippen LogP contribution in [0.3, 0.4) is 0 Å². The molecule has 0 unspecified atom stereocenters. The Bertz CT molecular complexity index is 1240. The van der Waals surface area contributed by atoms with Crippen molar-refractivity contribution in [2.24, 2.45) is 4.99 Å².